The summed E-state index contributed by atoms with van der Waals surface area (Å²) in [6.45, 7) is 5.80. The van der Waals surface area contributed by atoms with Gasteiger partial charge in [0.15, 0.2) is 6.61 Å². The van der Waals surface area contributed by atoms with Crippen LogP contribution in [0, 0.1) is 0 Å². The highest BCUT2D eigenvalue weighted by Gasteiger charge is 2.16. The van der Waals surface area contributed by atoms with E-state index in [1.807, 2.05) is 0 Å². The van der Waals surface area contributed by atoms with Gasteiger partial charge in [-0.1, -0.05) is 38.1 Å². The summed E-state index contributed by atoms with van der Waals surface area (Å²) in [5.74, 6) is 0.318. The molecule has 0 radical (unpaired) electrons. The third-order valence-electron chi connectivity index (χ3n) is 5.27. The van der Waals surface area contributed by atoms with E-state index in [1.54, 1.807) is 24.3 Å². The van der Waals surface area contributed by atoms with Crippen LogP contribution in [0.4, 0.5) is 0 Å². The lowest BCUT2D eigenvalue weighted by atomic mass is 10.0. The molecule has 1 amide bonds. The van der Waals surface area contributed by atoms with Gasteiger partial charge in [0.2, 0.25) is 0 Å². The van der Waals surface area contributed by atoms with Gasteiger partial charge in [0.1, 0.15) is 12.4 Å². The Labute approximate surface area is 183 Å². The van der Waals surface area contributed by atoms with Crippen LogP contribution in [-0.2, 0) is 20.7 Å². The fourth-order valence-electron chi connectivity index (χ4n) is 3.33. The summed E-state index contributed by atoms with van der Waals surface area (Å²) in [5, 5.41) is 2.78. The minimum absolute atomic E-state index is 0.141. The maximum atomic E-state index is 12.1. The second-order valence-electron chi connectivity index (χ2n) is 8.04. The first-order valence-electron chi connectivity index (χ1n) is 10.9. The Bertz CT molecular complexity index is 839. The van der Waals surface area contributed by atoms with Gasteiger partial charge in [-0.25, -0.2) is 4.79 Å². The van der Waals surface area contributed by atoms with Gasteiger partial charge in [0.05, 0.1) is 11.7 Å². The van der Waals surface area contributed by atoms with Crippen molar-refractivity contribution in [1.29, 1.82) is 0 Å². The molecule has 0 spiro atoms. The van der Waals surface area contributed by atoms with Gasteiger partial charge < -0.3 is 19.5 Å². The van der Waals surface area contributed by atoms with Gasteiger partial charge in [0.25, 0.3) is 5.91 Å². The third kappa shape index (κ3) is 7.40. The topological polar surface area (TPSA) is 73.9 Å². The molecule has 1 heterocycles. The van der Waals surface area contributed by atoms with Gasteiger partial charge >= 0.3 is 5.97 Å². The second-order valence-corrected chi connectivity index (χ2v) is 8.04. The summed E-state index contributed by atoms with van der Waals surface area (Å²) >= 11 is 0. The molecule has 1 atom stereocenters. The third-order valence-corrected chi connectivity index (χ3v) is 5.27. The van der Waals surface area contributed by atoms with Gasteiger partial charge in [-0.05, 0) is 60.6 Å². The predicted octanol–water partition coefficient (Wildman–Crippen LogP) is 3.88. The Kier molecular flexibility index (Phi) is 8.47. The number of rotatable bonds is 10. The molecule has 6 nitrogen and oxygen atoms in total. The van der Waals surface area contributed by atoms with E-state index in [2.05, 4.69) is 43.4 Å². The zero-order valence-corrected chi connectivity index (χ0v) is 18.3. The van der Waals surface area contributed by atoms with Crippen LogP contribution in [0.25, 0.3) is 0 Å². The molecule has 0 saturated carbocycles. The van der Waals surface area contributed by atoms with Crippen LogP contribution in [-0.4, -0.2) is 44.3 Å². The van der Waals surface area contributed by atoms with E-state index in [0.29, 0.717) is 30.4 Å². The number of benzene rings is 2. The standard InChI is InChI=1S/C25H31NO5/c1-18(2)20-7-5-19(6-8-20)13-14-26-24(27)17-31-25(28)21-9-11-22(12-10-21)30-16-23-4-3-15-29-23/h5-12,18,23H,3-4,13-17H2,1-2H3,(H,26,27)/t23-/m0/s1. The van der Waals surface area contributed by atoms with Crippen molar-refractivity contribution in [2.24, 2.45) is 0 Å². The first-order chi connectivity index (χ1) is 15.0. The van der Waals surface area contributed by atoms with E-state index in [9.17, 15) is 9.59 Å². The van der Waals surface area contributed by atoms with Crippen molar-refractivity contribution >= 4 is 11.9 Å². The van der Waals surface area contributed by atoms with E-state index < -0.39 is 5.97 Å². The Morgan fingerprint density at radius 2 is 1.84 bits per heavy atom. The average Bonchev–Trinajstić information content (AvgIpc) is 3.30. The first kappa shape index (κ1) is 22.8. The molecule has 0 unspecified atom stereocenters. The summed E-state index contributed by atoms with van der Waals surface area (Å²) in [4.78, 5) is 24.1. The van der Waals surface area contributed by atoms with Gasteiger partial charge in [0, 0.05) is 13.2 Å². The zero-order valence-electron chi connectivity index (χ0n) is 18.3. The summed E-state index contributed by atoms with van der Waals surface area (Å²) in [6, 6.07) is 15.1. The van der Waals surface area contributed by atoms with Crippen molar-refractivity contribution < 1.29 is 23.8 Å². The minimum atomic E-state index is -0.537. The van der Waals surface area contributed by atoms with Crippen LogP contribution in [0.1, 0.15) is 54.1 Å². The number of hydrogen-bond acceptors (Lipinski definition) is 5. The molecule has 1 fully saturated rings. The largest absolute Gasteiger partial charge is 0.491 e. The second kappa shape index (κ2) is 11.5. The Morgan fingerprint density at radius 3 is 2.48 bits per heavy atom. The van der Waals surface area contributed by atoms with E-state index in [-0.39, 0.29) is 18.6 Å². The van der Waals surface area contributed by atoms with Gasteiger partial charge in [-0.3, -0.25) is 4.79 Å². The molecule has 1 N–H and O–H groups in total. The van der Waals surface area contributed by atoms with Crippen molar-refractivity contribution in [3.63, 3.8) is 0 Å². The molecule has 1 aliphatic rings. The van der Waals surface area contributed by atoms with Crippen molar-refractivity contribution in [3.8, 4) is 5.75 Å². The summed E-state index contributed by atoms with van der Waals surface area (Å²) < 4.78 is 16.3. The van der Waals surface area contributed by atoms with Gasteiger partial charge in [-0.15, -0.1) is 0 Å². The number of esters is 1. The van der Waals surface area contributed by atoms with E-state index in [0.717, 1.165) is 31.4 Å². The van der Waals surface area contributed by atoms with Crippen molar-refractivity contribution in [3.05, 3.63) is 65.2 Å². The van der Waals surface area contributed by atoms with Crippen molar-refractivity contribution in [1.82, 2.24) is 5.32 Å². The molecule has 31 heavy (non-hydrogen) atoms. The number of carbonyl (C=O) groups excluding carboxylic acids is 2. The summed E-state index contributed by atoms with van der Waals surface area (Å²) in [5.41, 5.74) is 2.83. The van der Waals surface area contributed by atoms with Crippen LogP contribution < -0.4 is 10.1 Å². The highest BCUT2D eigenvalue weighted by molar-refractivity contribution is 5.91. The Morgan fingerprint density at radius 1 is 1.10 bits per heavy atom. The molecule has 0 aliphatic carbocycles. The maximum Gasteiger partial charge on any atom is 0.338 e. The van der Waals surface area contributed by atoms with Crippen LogP contribution in [0.2, 0.25) is 0 Å². The minimum Gasteiger partial charge on any atom is -0.491 e. The molecule has 6 heteroatoms. The number of carbonyl (C=O) groups is 2. The molecule has 2 aromatic carbocycles. The molecule has 0 bridgehead atoms. The lowest BCUT2D eigenvalue weighted by Gasteiger charge is -2.11. The smallest absolute Gasteiger partial charge is 0.338 e. The lowest BCUT2D eigenvalue weighted by molar-refractivity contribution is -0.124. The molecular formula is C25H31NO5. The quantitative estimate of drug-likeness (QED) is 0.585. The monoisotopic (exact) mass is 425 g/mol. The zero-order chi connectivity index (χ0) is 22.1. The summed E-state index contributed by atoms with van der Waals surface area (Å²) in [6.07, 6.45) is 2.95. The van der Waals surface area contributed by atoms with Crippen molar-refractivity contribution in [2.75, 3.05) is 26.4 Å². The SMILES string of the molecule is CC(C)c1ccc(CCNC(=O)COC(=O)c2ccc(OC[C@@H]3CCCO3)cc2)cc1. The number of nitrogens with one attached hydrogen (secondary N) is 1. The van der Waals surface area contributed by atoms with Crippen LogP contribution in [0.3, 0.4) is 0 Å². The highest BCUT2D eigenvalue weighted by atomic mass is 16.5. The first-order valence-corrected chi connectivity index (χ1v) is 10.9. The lowest BCUT2D eigenvalue weighted by Crippen LogP contribution is -2.30. The van der Waals surface area contributed by atoms with E-state index in [4.69, 9.17) is 14.2 Å². The molecule has 1 aliphatic heterocycles. The predicted molar refractivity (Wildman–Crippen MR) is 118 cm³/mol. The normalized spacial score (nSPS) is 15.6. The molecule has 2 aromatic rings. The fourth-order valence-corrected chi connectivity index (χ4v) is 3.33. The molecule has 0 aromatic heterocycles. The van der Waals surface area contributed by atoms with Crippen LogP contribution in [0.15, 0.2) is 48.5 Å². The number of hydrogen-bond donors (Lipinski definition) is 1. The van der Waals surface area contributed by atoms with Crippen LogP contribution in [0.5, 0.6) is 5.75 Å². The highest BCUT2D eigenvalue weighted by Crippen LogP contribution is 2.17. The number of amides is 1. The van der Waals surface area contributed by atoms with E-state index >= 15 is 0 Å². The summed E-state index contributed by atoms with van der Waals surface area (Å²) in [7, 11) is 0. The molecular weight excluding hydrogens is 394 g/mol. The Hall–Kier alpha value is -2.86. The van der Waals surface area contributed by atoms with Crippen molar-refractivity contribution in [2.45, 2.75) is 45.1 Å². The number of ether oxygens (including phenoxy) is 3. The van der Waals surface area contributed by atoms with E-state index in [1.165, 1.54) is 5.56 Å². The average molecular weight is 426 g/mol. The van der Waals surface area contributed by atoms with Crippen LogP contribution >= 0.6 is 0 Å². The Balaban J connectivity index is 1.34. The molecule has 3 rings (SSSR count). The molecule has 1 saturated heterocycles. The molecule has 166 valence electrons. The fraction of sp³-hybridized carbons (Fsp3) is 0.440. The maximum absolute atomic E-state index is 12.1. The van der Waals surface area contributed by atoms with Gasteiger partial charge in [-0.2, -0.15) is 0 Å².